The molecule has 25 heavy (non-hydrogen) atoms. The van der Waals surface area contributed by atoms with E-state index in [1.807, 2.05) is 30.3 Å². The van der Waals surface area contributed by atoms with Crippen LogP contribution in [0, 0.1) is 0 Å². The van der Waals surface area contributed by atoms with Crippen LogP contribution in [-0.4, -0.2) is 29.8 Å². The highest BCUT2D eigenvalue weighted by Gasteiger charge is 2.09. The summed E-state index contributed by atoms with van der Waals surface area (Å²) in [6.07, 6.45) is 1.45. The number of carbonyl (C=O) groups is 1. The van der Waals surface area contributed by atoms with E-state index in [1.54, 1.807) is 37.4 Å². The Morgan fingerprint density at radius 1 is 1.04 bits per heavy atom. The number of benzene rings is 2. The Labute approximate surface area is 145 Å². The zero-order valence-corrected chi connectivity index (χ0v) is 13.7. The number of aromatic nitrogens is 2. The molecule has 0 spiro atoms. The van der Waals surface area contributed by atoms with Crippen molar-refractivity contribution in [2.45, 2.75) is 0 Å². The Bertz CT molecular complexity index is 853. The molecule has 3 aromatic rings. The first-order valence-corrected chi connectivity index (χ1v) is 7.69. The van der Waals surface area contributed by atoms with Crippen molar-refractivity contribution in [3.05, 3.63) is 72.6 Å². The number of rotatable bonds is 6. The fraction of sp³-hybridized carbons (Fsp3) is 0.105. The van der Waals surface area contributed by atoms with Gasteiger partial charge in [-0.1, -0.05) is 30.3 Å². The van der Waals surface area contributed by atoms with E-state index in [2.05, 4.69) is 15.3 Å². The highest BCUT2D eigenvalue weighted by Crippen LogP contribution is 2.28. The fourth-order valence-electron chi connectivity index (χ4n) is 2.29. The van der Waals surface area contributed by atoms with Crippen molar-refractivity contribution in [2.75, 3.05) is 19.2 Å². The normalized spacial score (nSPS) is 10.1. The van der Waals surface area contributed by atoms with Crippen LogP contribution in [0.1, 0.15) is 10.4 Å². The first kappa shape index (κ1) is 16.4. The van der Waals surface area contributed by atoms with Gasteiger partial charge in [0.05, 0.1) is 18.4 Å². The maximum atomic E-state index is 11.9. The van der Waals surface area contributed by atoms with Crippen LogP contribution in [0.25, 0.3) is 11.3 Å². The molecule has 3 rings (SSSR count). The SMILES string of the molecule is COc1ccccc1-c1cc(NCOC(=O)c2ccccc2)ncn1. The van der Waals surface area contributed by atoms with E-state index in [-0.39, 0.29) is 6.73 Å². The van der Waals surface area contributed by atoms with Crippen LogP contribution in [0.5, 0.6) is 5.75 Å². The third-order valence-electron chi connectivity index (χ3n) is 3.52. The van der Waals surface area contributed by atoms with Gasteiger partial charge in [0.15, 0.2) is 6.73 Å². The van der Waals surface area contributed by atoms with Gasteiger partial charge in [0.1, 0.15) is 17.9 Å². The molecule has 0 amide bonds. The first-order chi connectivity index (χ1) is 12.3. The van der Waals surface area contributed by atoms with E-state index >= 15 is 0 Å². The molecule has 0 atom stereocenters. The predicted molar refractivity (Wildman–Crippen MR) is 94.4 cm³/mol. The van der Waals surface area contributed by atoms with E-state index < -0.39 is 5.97 Å². The van der Waals surface area contributed by atoms with E-state index in [4.69, 9.17) is 9.47 Å². The molecule has 2 aromatic carbocycles. The van der Waals surface area contributed by atoms with Gasteiger partial charge in [0.2, 0.25) is 0 Å². The van der Waals surface area contributed by atoms with Crippen LogP contribution >= 0.6 is 0 Å². The second-order valence-corrected chi connectivity index (χ2v) is 5.11. The summed E-state index contributed by atoms with van der Waals surface area (Å²) in [5, 5.41) is 2.96. The molecule has 0 unspecified atom stereocenters. The molecule has 1 heterocycles. The van der Waals surface area contributed by atoms with Crippen LogP contribution < -0.4 is 10.1 Å². The highest BCUT2D eigenvalue weighted by atomic mass is 16.5. The summed E-state index contributed by atoms with van der Waals surface area (Å²) < 4.78 is 10.5. The van der Waals surface area contributed by atoms with Gasteiger partial charge in [-0.2, -0.15) is 0 Å². The number of carbonyl (C=O) groups excluding carboxylic acids is 1. The van der Waals surface area contributed by atoms with Crippen LogP contribution in [-0.2, 0) is 4.74 Å². The van der Waals surface area contributed by atoms with Crippen molar-refractivity contribution < 1.29 is 14.3 Å². The summed E-state index contributed by atoms with van der Waals surface area (Å²) in [5.74, 6) is 0.881. The summed E-state index contributed by atoms with van der Waals surface area (Å²) in [5.41, 5.74) is 2.07. The molecule has 126 valence electrons. The van der Waals surface area contributed by atoms with Crippen molar-refractivity contribution in [3.8, 4) is 17.0 Å². The summed E-state index contributed by atoms with van der Waals surface area (Å²) >= 11 is 0. The van der Waals surface area contributed by atoms with Crippen LogP contribution in [0.3, 0.4) is 0 Å². The lowest BCUT2D eigenvalue weighted by atomic mass is 10.1. The number of hydrogen-bond donors (Lipinski definition) is 1. The molecule has 0 aliphatic carbocycles. The maximum Gasteiger partial charge on any atom is 0.339 e. The summed E-state index contributed by atoms with van der Waals surface area (Å²) in [6.45, 7) is 0.0100. The number of hydrogen-bond acceptors (Lipinski definition) is 6. The Balaban J connectivity index is 1.65. The molecule has 6 heteroatoms. The molecular formula is C19H17N3O3. The minimum atomic E-state index is -0.396. The zero-order valence-electron chi connectivity index (χ0n) is 13.7. The molecule has 0 bridgehead atoms. The van der Waals surface area contributed by atoms with Crippen LogP contribution in [0.15, 0.2) is 67.0 Å². The monoisotopic (exact) mass is 335 g/mol. The molecule has 0 aliphatic rings. The van der Waals surface area contributed by atoms with Gasteiger partial charge in [-0.15, -0.1) is 0 Å². The predicted octanol–water partition coefficient (Wildman–Crippen LogP) is 3.38. The van der Waals surface area contributed by atoms with E-state index in [0.29, 0.717) is 17.1 Å². The van der Waals surface area contributed by atoms with Crippen LogP contribution in [0.4, 0.5) is 5.82 Å². The topological polar surface area (TPSA) is 73.3 Å². The number of anilines is 1. The lowest BCUT2D eigenvalue weighted by Crippen LogP contribution is -2.13. The molecule has 0 saturated carbocycles. The second kappa shape index (κ2) is 7.92. The number of ether oxygens (including phenoxy) is 2. The van der Waals surface area contributed by atoms with Gasteiger partial charge in [-0.25, -0.2) is 14.8 Å². The van der Waals surface area contributed by atoms with Crippen molar-refractivity contribution in [1.29, 1.82) is 0 Å². The minimum Gasteiger partial charge on any atom is -0.496 e. The van der Waals surface area contributed by atoms with E-state index in [0.717, 1.165) is 11.3 Å². The Kier molecular flexibility index (Phi) is 5.21. The van der Waals surface area contributed by atoms with Gasteiger partial charge in [-0.05, 0) is 24.3 Å². The Morgan fingerprint density at radius 2 is 1.80 bits per heavy atom. The molecule has 0 saturated heterocycles. The molecule has 1 aromatic heterocycles. The van der Waals surface area contributed by atoms with Crippen LogP contribution in [0.2, 0.25) is 0 Å². The molecule has 1 N–H and O–H groups in total. The second-order valence-electron chi connectivity index (χ2n) is 5.11. The molecule has 0 fully saturated rings. The van der Waals surface area contributed by atoms with Gasteiger partial charge < -0.3 is 14.8 Å². The summed E-state index contributed by atoms with van der Waals surface area (Å²) in [4.78, 5) is 20.3. The average molecular weight is 335 g/mol. The minimum absolute atomic E-state index is 0.0100. The quantitative estimate of drug-likeness (QED) is 0.550. The number of nitrogens with one attached hydrogen (secondary N) is 1. The lowest BCUT2D eigenvalue weighted by molar-refractivity contribution is 0.0533. The Morgan fingerprint density at radius 3 is 2.60 bits per heavy atom. The van der Waals surface area contributed by atoms with E-state index in [9.17, 15) is 4.79 Å². The highest BCUT2D eigenvalue weighted by molar-refractivity contribution is 5.89. The third kappa shape index (κ3) is 4.11. The third-order valence-corrected chi connectivity index (χ3v) is 3.52. The lowest BCUT2D eigenvalue weighted by Gasteiger charge is -2.10. The van der Waals surface area contributed by atoms with Gasteiger partial charge >= 0.3 is 5.97 Å². The number of esters is 1. The fourth-order valence-corrected chi connectivity index (χ4v) is 2.29. The number of nitrogens with zero attached hydrogens (tertiary/aromatic N) is 2. The number of para-hydroxylation sites is 1. The van der Waals surface area contributed by atoms with Gasteiger partial charge in [-0.3, -0.25) is 0 Å². The molecule has 0 radical (unpaired) electrons. The van der Waals surface area contributed by atoms with Gasteiger partial charge in [0.25, 0.3) is 0 Å². The molecular weight excluding hydrogens is 318 g/mol. The van der Waals surface area contributed by atoms with Crippen molar-refractivity contribution >= 4 is 11.8 Å². The van der Waals surface area contributed by atoms with E-state index in [1.165, 1.54) is 6.33 Å². The first-order valence-electron chi connectivity index (χ1n) is 7.69. The maximum absolute atomic E-state index is 11.9. The summed E-state index contributed by atoms with van der Waals surface area (Å²) in [6, 6.07) is 18.2. The largest absolute Gasteiger partial charge is 0.496 e. The summed E-state index contributed by atoms with van der Waals surface area (Å²) in [7, 11) is 1.61. The average Bonchev–Trinajstić information content (AvgIpc) is 2.69. The standard InChI is InChI=1S/C19H17N3O3/c1-24-17-10-6-5-9-15(17)16-11-18(21-12-20-16)22-13-25-19(23)14-7-3-2-4-8-14/h2-12H,13H2,1H3,(H,20,21,22). The molecule has 0 aliphatic heterocycles. The van der Waals surface area contributed by atoms with Crippen molar-refractivity contribution in [2.24, 2.45) is 0 Å². The smallest absolute Gasteiger partial charge is 0.339 e. The van der Waals surface area contributed by atoms with Crippen molar-refractivity contribution in [3.63, 3.8) is 0 Å². The Hall–Kier alpha value is -3.41. The molecule has 6 nitrogen and oxygen atoms in total. The van der Waals surface area contributed by atoms with Gasteiger partial charge in [0, 0.05) is 11.6 Å². The number of methoxy groups -OCH3 is 1. The zero-order chi connectivity index (χ0) is 17.5. The van der Waals surface area contributed by atoms with Crippen molar-refractivity contribution in [1.82, 2.24) is 9.97 Å².